The third kappa shape index (κ3) is 3.47. The molecule has 3 rings (SSSR count). The van der Waals surface area contributed by atoms with Gasteiger partial charge in [0.2, 0.25) is 0 Å². The summed E-state index contributed by atoms with van der Waals surface area (Å²) >= 11 is 1.62. The highest BCUT2D eigenvalue weighted by Crippen LogP contribution is 2.16. The predicted molar refractivity (Wildman–Crippen MR) is 85.8 cm³/mol. The number of carbonyl (C=O) groups is 1. The van der Waals surface area contributed by atoms with Crippen LogP contribution < -0.4 is 10.6 Å². The summed E-state index contributed by atoms with van der Waals surface area (Å²) in [6, 6.07) is -0.170. The zero-order valence-electron chi connectivity index (χ0n) is 13.0. The quantitative estimate of drug-likeness (QED) is 0.908. The standard InChI is InChI=1S/C15H21N5OS/c1-10-13(22-11(2)18-10)8-17-15(21)16-7-12-9-20-6-4-3-5-14(20)19-12/h9H,3-8H2,1-2H3,(H2,16,17,21). The van der Waals surface area contributed by atoms with Crippen LogP contribution in [0.15, 0.2) is 6.20 Å². The van der Waals surface area contributed by atoms with E-state index in [1.54, 1.807) is 11.3 Å². The largest absolute Gasteiger partial charge is 0.335 e. The Kier molecular flexibility index (Phi) is 4.42. The normalized spacial score (nSPS) is 13.7. The molecule has 0 atom stereocenters. The minimum Gasteiger partial charge on any atom is -0.335 e. The number of fused-ring (bicyclic) bond motifs is 1. The molecular formula is C15H21N5OS. The van der Waals surface area contributed by atoms with Gasteiger partial charge in [-0.15, -0.1) is 11.3 Å². The third-order valence-corrected chi connectivity index (χ3v) is 4.87. The van der Waals surface area contributed by atoms with Crippen LogP contribution in [0.2, 0.25) is 0 Å². The van der Waals surface area contributed by atoms with Gasteiger partial charge in [-0.05, 0) is 26.7 Å². The Bertz CT molecular complexity index is 652. The van der Waals surface area contributed by atoms with Gasteiger partial charge in [0.05, 0.1) is 29.5 Å². The molecule has 2 aromatic heterocycles. The van der Waals surface area contributed by atoms with Gasteiger partial charge in [0, 0.05) is 24.0 Å². The fourth-order valence-electron chi connectivity index (χ4n) is 2.69. The Balaban J connectivity index is 1.48. The van der Waals surface area contributed by atoms with Crippen molar-refractivity contribution >= 4 is 17.4 Å². The fourth-order valence-corrected chi connectivity index (χ4v) is 3.57. The van der Waals surface area contributed by atoms with Crippen molar-refractivity contribution in [2.45, 2.75) is 52.7 Å². The number of hydrogen-bond donors (Lipinski definition) is 2. The molecule has 0 unspecified atom stereocenters. The Labute approximate surface area is 134 Å². The lowest BCUT2D eigenvalue weighted by molar-refractivity contribution is 0.240. The lowest BCUT2D eigenvalue weighted by Crippen LogP contribution is -2.34. The molecular weight excluding hydrogens is 298 g/mol. The first-order valence-electron chi connectivity index (χ1n) is 7.61. The maximum Gasteiger partial charge on any atom is 0.315 e. The molecule has 0 spiro atoms. The van der Waals surface area contributed by atoms with Crippen LogP contribution >= 0.6 is 11.3 Å². The van der Waals surface area contributed by atoms with Gasteiger partial charge in [0.25, 0.3) is 0 Å². The Morgan fingerprint density at radius 1 is 1.27 bits per heavy atom. The average molecular weight is 319 g/mol. The molecule has 2 amide bonds. The zero-order valence-corrected chi connectivity index (χ0v) is 13.8. The van der Waals surface area contributed by atoms with Crippen LogP contribution in [0.3, 0.4) is 0 Å². The number of urea groups is 1. The van der Waals surface area contributed by atoms with Crippen LogP contribution in [0.25, 0.3) is 0 Å². The number of nitrogens with zero attached hydrogens (tertiary/aromatic N) is 3. The second-order valence-corrected chi connectivity index (χ2v) is 6.86. The summed E-state index contributed by atoms with van der Waals surface area (Å²) in [5.74, 6) is 1.14. The first kappa shape index (κ1) is 15.0. The molecule has 2 N–H and O–H groups in total. The molecule has 6 nitrogen and oxygen atoms in total. The van der Waals surface area contributed by atoms with Crippen molar-refractivity contribution in [3.63, 3.8) is 0 Å². The Hall–Kier alpha value is -1.89. The number of aromatic nitrogens is 3. The van der Waals surface area contributed by atoms with E-state index < -0.39 is 0 Å². The molecule has 0 fully saturated rings. The highest BCUT2D eigenvalue weighted by atomic mass is 32.1. The van der Waals surface area contributed by atoms with Crippen LogP contribution in [0, 0.1) is 13.8 Å². The highest BCUT2D eigenvalue weighted by molar-refractivity contribution is 7.11. The Morgan fingerprint density at radius 2 is 2.09 bits per heavy atom. The van der Waals surface area contributed by atoms with E-state index in [0.29, 0.717) is 13.1 Å². The fraction of sp³-hybridized carbons (Fsp3) is 0.533. The number of imidazole rings is 1. The number of carbonyl (C=O) groups excluding carboxylic acids is 1. The molecule has 0 saturated carbocycles. The minimum atomic E-state index is -0.170. The van der Waals surface area contributed by atoms with Crippen molar-refractivity contribution in [1.82, 2.24) is 25.2 Å². The van der Waals surface area contributed by atoms with Gasteiger partial charge >= 0.3 is 6.03 Å². The molecule has 3 heterocycles. The second-order valence-electron chi connectivity index (χ2n) is 5.58. The van der Waals surface area contributed by atoms with Crippen LogP contribution in [0.5, 0.6) is 0 Å². The maximum atomic E-state index is 11.9. The summed E-state index contributed by atoms with van der Waals surface area (Å²) in [6.45, 7) is 5.96. The van der Waals surface area contributed by atoms with Crippen LogP contribution in [0.1, 0.15) is 39.9 Å². The SMILES string of the molecule is Cc1nc(C)c(CNC(=O)NCc2cn3c(n2)CCCC3)s1. The molecule has 0 aromatic carbocycles. The van der Waals surface area contributed by atoms with E-state index in [4.69, 9.17) is 0 Å². The van der Waals surface area contributed by atoms with Crippen molar-refractivity contribution in [2.24, 2.45) is 0 Å². The average Bonchev–Trinajstić information content (AvgIpc) is 3.05. The van der Waals surface area contributed by atoms with Gasteiger partial charge < -0.3 is 15.2 Å². The summed E-state index contributed by atoms with van der Waals surface area (Å²) in [5.41, 5.74) is 1.92. The third-order valence-electron chi connectivity index (χ3n) is 3.80. The van der Waals surface area contributed by atoms with E-state index in [0.717, 1.165) is 40.1 Å². The van der Waals surface area contributed by atoms with E-state index in [1.807, 2.05) is 20.0 Å². The van der Waals surface area contributed by atoms with Crippen molar-refractivity contribution < 1.29 is 4.79 Å². The molecule has 1 aliphatic rings. The number of amides is 2. The second kappa shape index (κ2) is 6.48. The molecule has 22 heavy (non-hydrogen) atoms. The van der Waals surface area contributed by atoms with E-state index in [-0.39, 0.29) is 6.03 Å². The van der Waals surface area contributed by atoms with Crippen molar-refractivity contribution in [2.75, 3.05) is 0 Å². The molecule has 0 radical (unpaired) electrons. The van der Waals surface area contributed by atoms with E-state index >= 15 is 0 Å². The molecule has 7 heteroatoms. The van der Waals surface area contributed by atoms with Crippen LogP contribution in [0.4, 0.5) is 4.79 Å². The van der Waals surface area contributed by atoms with Crippen LogP contribution in [-0.4, -0.2) is 20.6 Å². The van der Waals surface area contributed by atoms with E-state index in [9.17, 15) is 4.79 Å². The summed E-state index contributed by atoms with van der Waals surface area (Å²) in [5, 5.41) is 6.76. The summed E-state index contributed by atoms with van der Waals surface area (Å²) < 4.78 is 2.20. The van der Waals surface area contributed by atoms with Gasteiger partial charge in [0.1, 0.15) is 5.82 Å². The lowest BCUT2D eigenvalue weighted by atomic mass is 10.2. The number of rotatable bonds is 4. The molecule has 2 aromatic rings. The molecule has 118 valence electrons. The summed E-state index contributed by atoms with van der Waals surface area (Å²) in [4.78, 5) is 21.9. The molecule has 0 saturated heterocycles. The minimum absolute atomic E-state index is 0.170. The number of aryl methyl sites for hydroxylation is 4. The molecule has 1 aliphatic heterocycles. The van der Waals surface area contributed by atoms with Crippen molar-refractivity contribution in [1.29, 1.82) is 0 Å². The molecule has 0 aliphatic carbocycles. The predicted octanol–water partition coefficient (Wildman–Crippen LogP) is 2.29. The number of nitrogens with one attached hydrogen (secondary N) is 2. The van der Waals surface area contributed by atoms with Gasteiger partial charge in [-0.25, -0.2) is 14.8 Å². The topological polar surface area (TPSA) is 71.8 Å². The number of hydrogen-bond acceptors (Lipinski definition) is 4. The highest BCUT2D eigenvalue weighted by Gasteiger charge is 2.12. The Morgan fingerprint density at radius 3 is 2.82 bits per heavy atom. The van der Waals surface area contributed by atoms with Crippen molar-refractivity contribution in [3.8, 4) is 0 Å². The van der Waals surface area contributed by atoms with E-state index in [2.05, 4.69) is 25.2 Å². The first-order valence-corrected chi connectivity index (χ1v) is 8.43. The zero-order chi connectivity index (χ0) is 15.5. The van der Waals surface area contributed by atoms with Gasteiger partial charge in [0.15, 0.2) is 0 Å². The van der Waals surface area contributed by atoms with Crippen molar-refractivity contribution in [3.05, 3.63) is 33.3 Å². The smallest absolute Gasteiger partial charge is 0.315 e. The van der Waals surface area contributed by atoms with E-state index in [1.165, 1.54) is 12.8 Å². The monoisotopic (exact) mass is 319 g/mol. The lowest BCUT2D eigenvalue weighted by Gasteiger charge is -2.11. The van der Waals surface area contributed by atoms with Crippen LogP contribution in [-0.2, 0) is 26.1 Å². The maximum absolute atomic E-state index is 11.9. The van der Waals surface area contributed by atoms with Gasteiger partial charge in [-0.1, -0.05) is 0 Å². The van der Waals surface area contributed by atoms with Gasteiger partial charge in [-0.2, -0.15) is 0 Å². The number of thiazole rings is 1. The molecule has 0 bridgehead atoms. The summed E-state index contributed by atoms with van der Waals surface area (Å²) in [7, 11) is 0. The summed E-state index contributed by atoms with van der Waals surface area (Å²) in [6.07, 6.45) is 5.50. The van der Waals surface area contributed by atoms with Gasteiger partial charge in [-0.3, -0.25) is 0 Å². The first-order chi connectivity index (χ1) is 10.6.